The summed E-state index contributed by atoms with van der Waals surface area (Å²) in [6.45, 7) is 0. The normalized spacial score (nSPS) is 10.5. The highest BCUT2D eigenvalue weighted by atomic mass is 127. The van der Waals surface area contributed by atoms with E-state index in [0.29, 0.717) is 0 Å². The van der Waals surface area contributed by atoms with Gasteiger partial charge in [-0.2, -0.15) is 0 Å². The summed E-state index contributed by atoms with van der Waals surface area (Å²) in [7, 11) is 0. The lowest BCUT2D eigenvalue weighted by Crippen LogP contribution is -1.94. The molecule has 0 saturated heterocycles. The van der Waals surface area contributed by atoms with E-state index in [9.17, 15) is 4.79 Å². The van der Waals surface area contributed by atoms with Gasteiger partial charge in [0.2, 0.25) is 0 Å². The van der Waals surface area contributed by atoms with E-state index in [1.165, 1.54) is 6.07 Å². The zero-order valence-corrected chi connectivity index (χ0v) is 8.61. The number of aromatic carboxylic acids is 1. The van der Waals surface area contributed by atoms with E-state index in [0.717, 1.165) is 14.5 Å². The lowest BCUT2D eigenvalue weighted by atomic mass is 10.2. The van der Waals surface area contributed by atoms with Crippen LogP contribution in [0.4, 0.5) is 0 Å². The summed E-state index contributed by atoms with van der Waals surface area (Å²) in [5.74, 6) is -0.918. The highest BCUT2D eigenvalue weighted by Crippen LogP contribution is 2.23. The van der Waals surface area contributed by atoms with Crippen molar-refractivity contribution in [1.29, 1.82) is 0 Å². The summed E-state index contributed by atoms with van der Waals surface area (Å²) >= 11 is 2.11. The van der Waals surface area contributed by atoms with E-state index in [1.54, 1.807) is 18.4 Å². The third-order valence-electron chi connectivity index (χ3n) is 1.77. The molecule has 0 atom stereocenters. The van der Waals surface area contributed by atoms with E-state index in [4.69, 9.17) is 9.52 Å². The minimum Gasteiger partial charge on any atom is -0.478 e. The fourth-order valence-electron chi connectivity index (χ4n) is 1.13. The highest BCUT2D eigenvalue weighted by Gasteiger charge is 2.07. The third-order valence-corrected chi connectivity index (χ3v) is 2.61. The summed E-state index contributed by atoms with van der Waals surface area (Å²) < 4.78 is 6.11. The van der Waals surface area contributed by atoms with Crippen LogP contribution in [0.2, 0.25) is 0 Å². The van der Waals surface area contributed by atoms with E-state index in [-0.39, 0.29) is 5.56 Å². The van der Waals surface area contributed by atoms with Crippen LogP contribution in [0.1, 0.15) is 10.4 Å². The fourth-order valence-corrected chi connectivity index (χ4v) is 1.68. The summed E-state index contributed by atoms with van der Waals surface area (Å²) in [5, 5.41) is 9.59. The smallest absolute Gasteiger partial charge is 0.335 e. The van der Waals surface area contributed by atoms with Gasteiger partial charge in [0.25, 0.3) is 0 Å². The van der Waals surface area contributed by atoms with Crippen molar-refractivity contribution in [3.63, 3.8) is 0 Å². The van der Waals surface area contributed by atoms with Crippen LogP contribution in [-0.2, 0) is 0 Å². The molecule has 3 nitrogen and oxygen atoms in total. The molecule has 2 rings (SSSR count). The van der Waals surface area contributed by atoms with E-state index in [1.807, 2.05) is 0 Å². The first-order valence-corrected chi connectivity index (χ1v) is 4.66. The minimum atomic E-state index is -0.918. The maximum atomic E-state index is 10.6. The molecule has 1 N–H and O–H groups in total. The molecule has 0 spiro atoms. The Kier molecular flexibility index (Phi) is 1.99. The maximum absolute atomic E-state index is 10.6. The Balaban J connectivity index is 2.72. The average molecular weight is 288 g/mol. The Morgan fingerprint density at radius 1 is 1.46 bits per heavy atom. The minimum absolute atomic E-state index is 0.284. The van der Waals surface area contributed by atoms with E-state index >= 15 is 0 Å². The standard InChI is InChI=1S/C9H5IO3/c10-7-4-13-8-2-1-5(9(11)12)3-6(7)8/h1-4H,(H,11,12). The SMILES string of the molecule is O=C(O)c1ccc2occ(I)c2c1. The molecule has 0 aliphatic heterocycles. The van der Waals surface area contributed by atoms with Gasteiger partial charge in [0.15, 0.2) is 0 Å². The molecule has 0 bridgehead atoms. The quantitative estimate of drug-likeness (QED) is 0.821. The Morgan fingerprint density at radius 2 is 2.23 bits per heavy atom. The number of carboxylic acid groups (broad SMARTS) is 1. The average Bonchev–Trinajstić information content (AvgIpc) is 2.47. The zero-order chi connectivity index (χ0) is 9.42. The first kappa shape index (κ1) is 8.55. The molecule has 13 heavy (non-hydrogen) atoms. The summed E-state index contributed by atoms with van der Waals surface area (Å²) in [4.78, 5) is 10.6. The first-order chi connectivity index (χ1) is 6.18. The second-order valence-electron chi connectivity index (χ2n) is 2.60. The number of rotatable bonds is 1. The molecule has 0 saturated carbocycles. The van der Waals surface area contributed by atoms with Crippen molar-refractivity contribution in [2.24, 2.45) is 0 Å². The van der Waals surface area contributed by atoms with E-state index < -0.39 is 5.97 Å². The number of hydrogen-bond acceptors (Lipinski definition) is 2. The lowest BCUT2D eigenvalue weighted by Gasteiger charge is -1.93. The number of hydrogen-bond donors (Lipinski definition) is 1. The molecule has 1 aromatic carbocycles. The van der Waals surface area contributed by atoms with Crippen LogP contribution in [0.3, 0.4) is 0 Å². The van der Waals surface area contributed by atoms with Gasteiger partial charge in [0.1, 0.15) is 11.8 Å². The lowest BCUT2D eigenvalue weighted by molar-refractivity contribution is 0.0697. The number of furan rings is 1. The number of halogens is 1. The summed E-state index contributed by atoms with van der Waals surface area (Å²) in [6.07, 6.45) is 1.61. The summed E-state index contributed by atoms with van der Waals surface area (Å²) in [5.41, 5.74) is 1.00. The predicted molar refractivity (Wildman–Crippen MR) is 55.9 cm³/mol. The second-order valence-corrected chi connectivity index (χ2v) is 3.76. The summed E-state index contributed by atoms with van der Waals surface area (Å²) in [6, 6.07) is 4.81. The van der Waals surface area contributed by atoms with E-state index in [2.05, 4.69) is 22.6 Å². The Bertz CT molecular complexity index is 473. The van der Waals surface area contributed by atoms with Gasteiger partial charge in [-0.3, -0.25) is 0 Å². The van der Waals surface area contributed by atoms with Crippen molar-refractivity contribution < 1.29 is 14.3 Å². The van der Waals surface area contributed by atoms with Crippen molar-refractivity contribution >= 4 is 39.5 Å². The monoisotopic (exact) mass is 288 g/mol. The molecule has 2 aromatic rings. The van der Waals surface area contributed by atoms with Crippen LogP contribution < -0.4 is 0 Å². The van der Waals surface area contributed by atoms with Crippen molar-refractivity contribution in [3.05, 3.63) is 33.6 Å². The molecule has 4 heteroatoms. The predicted octanol–water partition coefficient (Wildman–Crippen LogP) is 2.74. The Morgan fingerprint density at radius 3 is 2.92 bits per heavy atom. The topological polar surface area (TPSA) is 50.4 Å². The van der Waals surface area contributed by atoms with Crippen LogP contribution in [0.25, 0.3) is 11.0 Å². The van der Waals surface area contributed by atoms with Gasteiger partial charge in [-0.25, -0.2) is 4.79 Å². The number of fused-ring (bicyclic) bond motifs is 1. The van der Waals surface area contributed by atoms with Crippen LogP contribution in [0.15, 0.2) is 28.9 Å². The number of carboxylic acids is 1. The van der Waals surface area contributed by atoms with Crippen LogP contribution in [0, 0.1) is 3.57 Å². The number of carbonyl (C=O) groups is 1. The van der Waals surface area contributed by atoms with Gasteiger partial charge in [-0.15, -0.1) is 0 Å². The molecular formula is C9H5IO3. The molecular weight excluding hydrogens is 283 g/mol. The molecule has 0 amide bonds. The van der Waals surface area contributed by atoms with Gasteiger partial charge >= 0.3 is 5.97 Å². The molecule has 0 unspecified atom stereocenters. The van der Waals surface area contributed by atoms with Crippen LogP contribution in [-0.4, -0.2) is 11.1 Å². The molecule has 0 fully saturated rings. The van der Waals surface area contributed by atoms with Gasteiger partial charge in [0.05, 0.1) is 9.13 Å². The maximum Gasteiger partial charge on any atom is 0.335 e. The van der Waals surface area contributed by atoms with Crippen molar-refractivity contribution in [3.8, 4) is 0 Å². The van der Waals surface area contributed by atoms with Crippen molar-refractivity contribution in [1.82, 2.24) is 0 Å². The third kappa shape index (κ3) is 1.41. The molecule has 0 aliphatic rings. The molecule has 1 aromatic heterocycles. The van der Waals surface area contributed by atoms with Gasteiger partial charge in [0, 0.05) is 5.39 Å². The van der Waals surface area contributed by atoms with Gasteiger partial charge < -0.3 is 9.52 Å². The molecule has 66 valence electrons. The van der Waals surface area contributed by atoms with Crippen LogP contribution >= 0.6 is 22.6 Å². The Labute approximate surface area is 87.5 Å². The second kappa shape index (κ2) is 3.02. The van der Waals surface area contributed by atoms with Crippen molar-refractivity contribution in [2.45, 2.75) is 0 Å². The van der Waals surface area contributed by atoms with Gasteiger partial charge in [-0.05, 0) is 40.8 Å². The fraction of sp³-hybridized carbons (Fsp3) is 0. The van der Waals surface area contributed by atoms with Crippen molar-refractivity contribution in [2.75, 3.05) is 0 Å². The Hall–Kier alpha value is -1.04. The van der Waals surface area contributed by atoms with Crippen LogP contribution in [0.5, 0.6) is 0 Å². The number of benzene rings is 1. The molecule has 1 heterocycles. The molecule has 0 aliphatic carbocycles. The molecule has 0 radical (unpaired) electrons. The zero-order valence-electron chi connectivity index (χ0n) is 6.45. The van der Waals surface area contributed by atoms with Gasteiger partial charge in [-0.1, -0.05) is 0 Å². The first-order valence-electron chi connectivity index (χ1n) is 3.58. The highest BCUT2D eigenvalue weighted by molar-refractivity contribution is 14.1. The largest absolute Gasteiger partial charge is 0.478 e.